The molecule has 0 amide bonds. The predicted molar refractivity (Wildman–Crippen MR) is 147 cm³/mol. The average molecular weight is 521 g/mol. The van der Waals surface area contributed by atoms with Crippen molar-refractivity contribution in [3.63, 3.8) is 0 Å². The van der Waals surface area contributed by atoms with Gasteiger partial charge in [0.2, 0.25) is 0 Å². The molecule has 202 valence electrons. The molecule has 4 rings (SSSR count). The lowest BCUT2D eigenvalue weighted by atomic mass is 9.84. The molecule has 2 heterocycles. The zero-order valence-electron chi connectivity index (χ0n) is 23.5. The van der Waals surface area contributed by atoms with Crippen LogP contribution < -0.4 is 9.47 Å². The van der Waals surface area contributed by atoms with Crippen LogP contribution >= 0.6 is 0 Å². The van der Waals surface area contributed by atoms with Gasteiger partial charge in [0.15, 0.2) is 23.1 Å². The fourth-order valence-corrected chi connectivity index (χ4v) is 4.89. The van der Waals surface area contributed by atoms with Crippen molar-refractivity contribution in [2.75, 3.05) is 19.8 Å². The molecule has 0 spiro atoms. The number of aromatic nitrogens is 2. The van der Waals surface area contributed by atoms with Crippen molar-refractivity contribution in [2.24, 2.45) is 7.05 Å². The van der Waals surface area contributed by atoms with Gasteiger partial charge < -0.3 is 14.4 Å². The molecule has 0 fully saturated rings. The van der Waals surface area contributed by atoms with Crippen molar-refractivity contribution in [3.8, 4) is 22.6 Å². The summed E-state index contributed by atoms with van der Waals surface area (Å²) in [6.07, 6.45) is 3.70. The highest BCUT2D eigenvalue weighted by Gasteiger charge is 2.45. The topological polar surface area (TPSA) is 80.4 Å². The molecule has 0 atom stereocenters. The Balaban J connectivity index is 1.74. The summed E-state index contributed by atoms with van der Waals surface area (Å²) in [6.45, 7) is 14.2. The zero-order valence-corrected chi connectivity index (χ0v) is 23.5. The minimum atomic E-state index is -0.812. The molecule has 0 bridgehead atoms. The summed E-state index contributed by atoms with van der Waals surface area (Å²) in [5.74, 6) is -0.518. The first-order chi connectivity index (χ1) is 17.8. The first-order valence-electron chi connectivity index (χ1n) is 13.0. The Morgan fingerprint density at radius 2 is 1.76 bits per heavy atom. The Hall–Kier alpha value is -3.68. The number of nitrogens with one attached hydrogen (secondary N) is 1. The maximum atomic E-state index is 15.7. The largest absolute Gasteiger partial charge is 0.490 e. The molecule has 0 radical (unpaired) electrons. The molecule has 1 aliphatic rings. The van der Waals surface area contributed by atoms with Gasteiger partial charge in [0, 0.05) is 24.4 Å². The van der Waals surface area contributed by atoms with E-state index < -0.39 is 11.4 Å². The summed E-state index contributed by atoms with van der Waals surface area (Å²) >= 11 is 0. The van der Waals surface area contributed by atoms with Crippen molar-refractivity contribution < 1.29 is 18.7 Å². The Bertz CT molecular complexity index is 1400. The highest BCUT2D eigenvalue weighted by atomic mass is 19.1. The number of halogens is 1. The van der Waals surface area contributed by atoms with E-state index >= 15 is 4.39 Å². The van der Waals surface area contributed by atoms with Crippen molar-refractivity contribution >= 4 is 11.6 Å². The van der Waals surface area contributed by atoms with Crippen LogP contribution in [0.15, 0.2) is 36.7 Å². The number of benzene rings is 2. The van der Waals surface area contributed by atoms with Gasteiger partial charge in [-0.3, -0.25) is 14.9 Å². The van der Waals surface area contributed by atoms with Crippen LogP contribution in [0.25, 0.3) is 11.1 Å². The van der Waals surface area contributed by atoms with Crippen LogP contribution in [0.3, 0.4) is 0 Å². The van der Waals surface area contributed by atoms with Crippen molar-refractivity contribution in [1.29, 1.82) is 5.41 Å². The van der Waals surface area contributed by atoms with E-state index in [0.29, 0.717) is 23.5 Å². The monoisotopic (exact) mass is 520 g/mol. The number of Topliss-reactive ketones (excluding diaryl/α,β-unsaturated/α-hetero) is 1. The molecule has 1 N–H and O–H groups in total. The quantitative estimate of drug-likeness (QED) is 0.364. The van der Waals surface area contributed by atoms with E-state index in [1.165, 1.54) is 0 Å². The standard InChI is InChI=1S/C30H37FN4O3/c1-9-37-24-14-22-25(26(31)27(24)38-10-2)28(32)35(30(22,6)7)17-23(36)19-11-18(20-15-33-34(8)16-20)12-21(13-19)29(3,4)5/h11-16,32H,9-10,17H2,1-8H3. The second kappa shape index (κ2) is 9.89. The van der Waals surface area contributed by atoms with Gasteiger partial charge in [-0.2, -0.15) is 5.10 Å². The van der Waals surface area contributed by atoms with Gasteiger partial charge in [-0.1, -0.05) is 26.8 Å². The van der Waals surface area contributed by atoms with Crippen LogP contribution in [-0.2, 0) is 18.0 Å². The fraction of sp³-hybridized carbons (Fsp3) is 0.433. The number of amidine groups is 1. The maximum Gasteiger partial charge on any atom is 0.197 e. The van der Waals surface area contributed by atoms with Crippen LogP contribution in [0, 0.1) is 11.2 Å². The Labute approximate surface area is 224 Å². The summed E-state index contributed by atoms with van der Waals surface area (Å²) in [7, 11) is 1.86. The second-order valence-corrected chi connectivity index (χ2v) is 11.2. The summed E-state index contributed by atoms with van der Waals surface area (Å²) in [5.41, 5.74) is 3.14. The Morgan fingerprint density at radius 3 is 2.34 bits per heavy atom. The number of ether oxygens (including phenoxy) is 2. The van der Waals surface area contributed by atoms with Gasteiger partial charge in [-0.25, -0.2) is 4.39 Å². The molecule has 38 heavy (non-hydrogen) atoms. The molecule has 0 saturated carbocycles. The smallest absolute Gasteiger partial charge is 0.197 e. The van der Waals surface area contributed by atoms with Crippen LogP contribution in [0.5, 0.6) is 11.5 Å². The third kappa shape index (κ3) is 4.79. The normalized spacial score (nSPS) is 14.6. The van der Waals surface area contributed by atoms with Gasteiger partial charge in [0.1, 0.15) is 5.84 Å². The van der Waals surface area contributed by atoms with Crippen molar-refractivity contribution in [3.05, 3.63) is 64.7 Å². The predicted octanol–water partition coefficient (Wildman–Crippen LogP) is 6.08. The van der Waals surface area contributed by atoms with Crippen LogP contribution in [0.2, 0.25) is 0 Å². The number of ketones is 1. The fourth-order valence-electron chi connectivity index (χ4n) is 4.89. The molecule has 1 aliphatic heterocycles. The molecular formula is C30H37FN4O3. The lowest BCUT2D eigenvalue weighted by Gasteiger charge is -2.33. The Kier molecular flexibility index (Phi) is 7.12. The molecule has 3 aromatic rings. The average Bonchev–Trinajstić information content (AvgIpc) is 3.36. The molecular weight excluding hydrogens is 483 g/mol. The van der Waals surface area contributed by atoms with Crippen LogP contribution in [-0.4, -0.2) is 46.1 Å². The molecule has 8 heteroatoms. The zero-order chi connectivity index (χ0) is 28.0. The summed E-state index contributed by atoms with van der Waals surface area (Å²) in [6, 6.07) is 7.62. The van der Waals surface area contributed by atoms with Crippen LogP contribution in [0.4, 0.5) is 4.39 Å². The minimum Gasteiger partial charge on any atom is -0.490 e. The maximum absolute atomic E-state index is 15.7. The molecule has 2 aromatic carbocycles. The number of hydrogen-bond acceptors (Lipinski definition) is 5. The van der Waals surface area contributed by atoms with Gasteiger partial charge in [0.25, 0.3) is 0 Å². The lowest BCUT2D eigenvalue weighted by molar-refractivity contribution is 0.0920. The van der Waals surface area contributed by atoms with Gasteiger partial charge in [0.05, 0.1) is 37.1 Å². The number of fused-ring (bicyclic) bond motifs is 1. The Morgan fingerprint density at radius 1 is 1.08 bits per heavy atom. The molecule has 7 nitrogen and oxygen atoms in total. The highest BCUT2D eigenvalue weighted by Crippen LogP contribution is 2.46. The van der Waals surface area contributed by atoms with Gasteiger partial charge in [-0.05, 0) is 68.0 Å². The lowest BCUT2D eigenvalue weighted by Crippen LogP contribution is -2.42. The van der Waals surface area contributed by atoms with Crippen LogP contribution in [0.1, 0.15) is 75.5 Å². The number of hydrogen-bond donors (Lipinski definition) is 1. The molecule has 0 saturated heterocycles. The van der Waals surface area contributed by atoms with E-state index in [2.05, 4.69) is 31.9 Å². The third-order valence-electron chi connectivity index (χ3n) is 7.08. The van der Waals surface area contributed by atoms with E-state index in [1.807, 2.05) is 46.1 Å². The first kappa shape index (κ1) is 27.4. The summed E-state index contributed by atoms with van der Waals surface area (Å²) in [4.78, 5) is 15.4. The van der Waals surface area contributed by atoms with E-state index in [4.69, 9.17) is 14.9 Å². The number of nitrogens with zero attached hydrogens (tertiary/aromatic N) is 3. The molecule has 1 aromatic heterocycles. The third-order valence-corrected chi connectivity index (χ3v) is 7.08. The van der Waals surface area contributed by atoms with Gasteiger partial charge in [-0.15, -0.1) is 0 Å². The SMILES string of the molecule is CCOc1cc2c(c(F)c1OCC)C(=N)N(CC(=O)c1cc(-c3cnn(C)c3)cc(C(C)(C)C)c1)C2(C)C. The highest BCUT2D eigenvalue weighted by molar-refractivity contribution is 6.07. The summed E-state index contributed by atoms with van der Waals surface area (Å²) < 4.78 is 28.7. The molecule has 0 aliphatic carbocycles. The van der Waals surface area contributed by atoms with E-state index in [1.54, 1.807) is 28.8 Å². The summed E-state index contributed by atoms with van der Waals surface area (Å²) in [5, 5.41) is 13.2. The second-order valence-electron chi connectivity index (χ2n) is 11.2. The number of aryl methyl sites for hydroxylation is 1. The minimum absolute atomic E-state index is 0.000757. The van der Waals surface area contributed by atoms with E-state index in [0.717, 1.165) is 16.7 Å². The number of rotatable bonds is 8. The van der Waals surface area contributed by atoms with E-state index in [-0.39, 0.29) is 41.5 Å². The molecule has 0 unspecified atom stereocenters. The van der Waals surface area contributed by atoms with Crippen molar-refractivity contribution in [1.82, 2.24) is 14.7 Å². The van der Waals surface area contributed by atoms with Crippen molar-refractivity contribution in [2.45, 2.75) is 59.4 Å². The number of carbonyl (C=O) groups excluding carboxylic acids is 1. The number of carbonyl (C=O) groups is 1. The first-order valence-corrected chi connectivity index (χ1v) is 13.0. The van der Waals surface area contributed by atoms with Gasteiger partial charge >= 0.3 is 0 Å². The van der Waals surface area contributed by atoms with E-state index in [9.17, 15) is 4.79 Å².